The van der Waals surface area contributed by atoms with E-state index in [1.807, 2.05) is 23.5 Å². The molecule has 1 atom stereocenters. The molecule has 0 aliphatic rings. The Hall–Kier alpha value is -1.76. The Morgan fingerprint density at radius 2 is 1.73 bits per heavy atom. The van der Waals surface area contributed by atoms with Gasteiger partial charge in [-0.3, -0.25) is 4.90 Å². The summed E-state index contributed by atoms with van der Waals surface area (Å²) in [4.78, 5) is 3.68. The molecular weight excluding hydrogens is 348 g/mol. The van der Waals surface area contributed by atoms with Gasteiger partial charge in [-0.25, -0.2) is 0 Å². The highest BCUT2D eigenvalue weighted by Crippen LogP contribution is 2.38. The molecule has 1 unspecified atom stereocenters. The summed E-state index contributed by atoms with van der Waals surface area (Å²) in [6, 6.07) is 8.31. The van der Waals surface area contributed by atoms with Gasteiger partial charge in [-0.1, -0.05) is 13.0 Å². The van der Waals surface area contributed by atoms with Crippen molar-refractivity contribution < 1.29 is 14.2 Å². The molecule has 5 nitrogen and oxygen atoms in total. The predicted molar refractivity (Wildman–Crippen MR) is 108 cm³/mol. The number of thiophene rings is 1. The van der Waals surface area contributed by atoms with Crippen LogP contribution in [0.5, 0.6) is 17.2 Å². The van der Waals surface area contributed by atoms with E-state index in [9.17, 15) is 0 Å². The minimum absolute atomic E-state index is 0.0190. The number of nitrogens with zero attached hydrogens (tertiary/aromatic N) is 1. The SMILES string of the molecule is CCC(CNCc1cc(OC)c(OC)c(OC)c1)(c1cccs1)N(C)C. The lowest BCUT2D eigenvalue weighted by Crippen LogP contribution is -2.48. The lowest BCUT2D eigenvalue weighted by Gasteiger charge is -2.39. The molecule has 1 aromatic heterocycles. The van der Waals surface area contributed by atoms with Gasteiger partial charge in [-0.2, -0.15) is 0 Å². The second kappa shape index (κ2) is 9.26. The predicted octanol–water partition coefficient (Wildman–Crippen LogP) is 3.73. The molecular formula is C20H30N2O3S. The van der Waals surface area contributed by atoms with E-state index in [1.165, 1.54) is 4.88 Å². The van der Waals surface area contributed by atoms with Crippen molar-refractivity contribution in [2.45, 2.75) is 25.4 Å². The van der Waals surface area contributed by atoms with Crippen LogP contribution in [0.25, 0.3) is 0 Å². The van der Waals surface area contributed by atoms with Crippen molar-refractivity contribution in [1.82, 2.24) is 10.2 Å². The van der Waals surface area contributed by atoms with Gasteiger partial charge in [-0.05, 0) is 49.7 Å². The second-order valence-electron chi connectivity index (χ2n) is 6.39. The molecule has 0 saturated carbocycles. The molecule has 1 N–H and O–H groups in total. The van der Waals surface area contributed by atoms with Crippen molar-refractivity contribution in [3.05, 3.63) is 40.1 Å². The van der Waals surface area contributed by atoms with Crippen LogP contribution in [0.3, 0.4) is 0 Å². The van der Waals surface area contributed by atoms with Gasteiger partial charge in [0.1, 0.15) is 0 Å². The van der Waals surface area contributed by atoms with Crippen LogP contribution in [-0.2, 0) is 12.1 Å². The Morgan fingerprint density at radius 3 is 2.15 bits per heavy atom. The number of likely N-dealkylation sites (N-methyl/N-ethyl adjacent to an activating group) is 1. The molecule has 0 spiro atoms. The standard InChI is InChI=1S/C20H30N2O3S/c1-7-20(22(2)3,18-9-8-10-26-18)14-21-13-15-11-16(23-4)19(25-6)17(12-15)24-5/h8-12,21H,7,13-14H2,1-6H3. The maximum atomic E-state index is 5.45. The summed E-state index contributed by atoms with van der Waals surface area (Å²) >= 11 is 1.81. The van der Waals surface area contributed by atoms with Gasteiger partial charge in [0.2, 0.25) is 5.75 Å². The number of ether oxygens (including phenoxy) is 3. The Labute approximate surface area is 160 Å². The number of benzene rings is 1. The van der Waals surface area contributed by atoms with E-state index < -0.39 is 0 Å². The van der Waals surface area contributed by atoms with E-state index >= 15 is 0 Å². The molecule has 0 bridgehead atoms. The largest absolute Gasteiger partial charge is 0.493 e. The topological polar surface area (TPSA) is 43.0 Å². The maximum absolute atomic E-state index is 5.45. The van der Waals surface area contributed by atoms with E-state index in [0.717, 1.165) is 25.1 Å². The summed E-state index contributed by atoms with van der Waals surface area (Å²) in [6.45, 7) is 3.81. The second-order valence-corrected chi connectivity index (χ2v) is 7.34. The van der Waals surface area contributed by atoms with Crippen molar-refractivity contribution in [3.63, 3.8) is 0 Å². The molecule has 144 valence electrons. The number of hydrogen-bond acceptors (Lipinski definition) is 6. The van der Waals surface area contributed by atoms with Gasteiger partial charge >= 0.3 is 0 Å². The lowest BCUT2D eigenvalue weighted by atomic mass is 9.92. The highest BCUT2D eigenvalue weighted by Gasteiger charge is 2.33. The third kappa shape index (κ3) is 4.14. The third-order valence-corrected chi connectivity index (χ3v) is 5.96. The highest BCUT2D eigenvalue weighted by molar-refractivity contribution is 7.10. The molecule has 2 aromatic rings. The van der Waals surface area contributed by atoms with E-state index in [0.29, 0.717) is 17.2 Å². The van der Waals surface area contributed by atoms with Crippen molar-refractivity contribution >= 4 is 11.3 Å². The van der Waals surface area contributed by atoms with Crippen LogP contribution < -0.4 is 19.5 Å². The number of rotatable bonds is 10. The Morgan fingerprint density at radius 1 is 1.08 bits per heavy atom. The highest BCUT2D eigenvalue weighted by atomic mass is 32.1. The van der Waals surface area contributed by atoms with Gasteiger partial charge < -0.3 is 19.5 Å². The molecule has 1 heterocycles. The Balaban J connectivity index is 2.17. The van der Waals surface area contributed by atoms with Gasteiger partial charge in [0.05, 0.1) is 26.9 Å². The van der Waals surface area contributed by atoms with Gasteiger partial charge in [0.15, 0.2) is 11.5 Å². The fourth-order valence-corrected chi connectivity index (χ4v) is 4.35. The first kappa shape index (κ1) is 20.6. The zero-order chi connectivity index (χ0) is 19.2. The normalized spacial score (nSPS) is 13.5. The quantitative estimate of drug-likeness (QED) is 0.682. The number of nitrogens with one attached hydrogen (secondary N) is 1. The molecule has 0 aliphatic carbocycles. The summed E-state index contributed by atoms with van der Waals surface area (Å²) in [6.07, 6.45) is 1.03. The van der Waals surface area contributed by atoms with Crippen LogP contribution in [0.2, 0.25) is 0 Å². The summed E-state index contributed by atoms with van der Waals surface area (Å²) in [5, 5.41) is 5.76. The monoisotopic (exact) mass is 378 g/mol. The average molecular weight is 379 g/mol. The number of hydrogen-bond donors (Lipinski definition) is 1. The van der Waals surface area contributed by atoms with E-state index in [1.54, 1.807) is 21.3 Å². The van der Waals surface area contributed by atoms with Gasteiger partial charge in [0.25, 0.3) is 0 Å². The molecule has 0 saturated heterocycles. The Kier molecular flexibility index (Phi) is 7.32. The van der Waals surface area contributed by atoms with Gasteiger partial charge in [0, 0.05) is 18.0 Å². The third-order valence-electron chi connectivity index (χ3n) is 4.89. The van der Waals surface area contributed by atoms with Crippen LogP contribution in [0, 0.1) is 0 Å². The van der Waals surface area contributed by atoms with Crippen LogP contribution in [-0.4, -0.2) is 46.9 Å². The summed E-state index contributed by atoms with van der Waals surface area (Å²) in [5.41, 5.74) is 1.07. The lowest BCUT2D eigenvalue weighted by molar-refractivity contribution is 0.145. The summed E-state index contributed by atoms with van der Waals surface area (Å²) in [5.74, 6) is 1.97. The van der Waals surface area contributed by atoms with Crippen LogP contribution in [0.15, 0.2) is 29.6 Å². The van der Waals surface area contributed by atoms with Crippen LogP contribution in [0.4, 0.5) is 0 Å². The smallest absolute Gasteiger partial charge is 0.203 e. The molecule has 0 aliphatic heterocycles. The zero-order valence-electron chi connectivity index (χ0n) is 16.6. The van der Waals surface area contributed by atoms with Crippen molar-refractivity contribution in [2.75, 3.05) is 42.0 Å². The van der Waals surface area contributed by atoms with Crippen LogP contribution >= 0.6 is 11.3 Å². The first-order valence-corrected chi connectivity index (χ1v) is 9.61. The van der Waals surface area contributed by atoms with Crippen LogP contribution in [0.1, 0.15) is 23.8 Å². The van der Waals surface area contributed by atoms with E-state index in [2.05, 4.69) is 48.7 Å². The molecule has 6 heteroatoms. The van der Waals surface area contributed by atoms with E-state index in [4.69, 9.17) is 14.2 Å². The summed E-state index contributed by atoms with van der Waals surface area (Å²) < 4.78 is 16.3. The minimum atomic E-state index is -0.0190. The van der Waals surface area contributed by atoms with Crippen molar-refractivity contribution in [2.24, 2.45) is 0 Å². The van der Waals surface area contributed by atoms with Gasteiger partial charge in [-0.15, -0.1) is 11.3 Å². The average Bonchev–Trinajstić information content (AvgIpc) is 3.19. The molecule has 26 heavy (non-hydrogen) atoms. The number of methoxy groups -OCH3 is 3. The minimum Gasteiger partial charge on any atom is -0.493 e. The Bertz CT molecular complexity index is 663. The van der Waals surface area contributed by atoms with Crippen molar-refractivity contribution in [3.8, 4) is 17.2 Å². The molecule has 0 amide bonds. The zero-order valence-corrected chi connectivity index (χ0v) is 17.4. The molecule has 0 fully saturated rings. The summed E-state index contributed by atoms with van der Waals surface area (Å²) in [7, 11) is 9.18. The first-order chi connectivity index (χ1) is 12.5. The van der Waals surface area contributed by atoms with E-state index in [-0.39, 0.29) is 5.54 Å². The molecule has 0 radical (unpaired) electrons. The fraction of sp³-hybridized carbons (Fsp3) is 0.500. The molecule has 1 aromatic carbocycles. The van der Waals surface area contributed by atoms with Crippen molar-refractivity contribution in [1.29, 1.82) is 0 Å². The molecule has 2 rings (SSSR count). The maximum Gasteiger partial charge on any atom is 0.203 e. The first-order valence-electron chi connectivity index (χ1n) is 8.73. The fourth-order valence-electron chi connectivity index (χ4n) is 3.28.